The van der Waals surface area contributed by atoms with Gasteiger partial charge in [-0.15, -0.1) is 12.4 Å². The number of hydrogen-bond donors (Lipinski definition) is 2. The number of rotatable bonds is 14. The number of aliphatic hydroxyl groups excluding tert-OH is 1. The standard InChI is InChI=1S/C33H36ClNO5.ClH/c1-23(16-26-14-15-30(37-2)31(17-26)38-3)35-20-29(36)27-18-28(34)33(40-22-25-12-8-5-9-13-25)32(19-27)39-21-24-10-6-4-7-11-24;/h4-15,17-19,23,29,35-36H,16,20-22H2,1-3H3;1H. The summed E-state index contributed by atoms with van der Waals surface area (Å²) in [6.45, 7) is 3.11. The summed E-state index contributed by atoms with van der Waals surface area (Å²) in [6.07, 6.45) is -0.0430. The monoisotopic (exact) mass is 597 g/mol. The van der Waals surface area contributed by atoms with Gasteiger partial charge in [0.2, 0.25) is 0 Å². The molecule has 41 heavy (non-hydrogen) atoms. The molecule has 0 aromatic heterocycles. The van der Waals surface area contributed by atoms with Crippen LogP contribution in [0.15, 0.2) is 91.0 Å². The van der Waals surface area contributed by atoms with E-state index in [1.807, 2.05) is 78.9 Å². The van der Waals surface area contributed by atoms with Crippen molar-refractivity contribution in [2.75, 3.05) is 20.8 Å². The highest BCUT2D eigenvalue weighted by Gasteiger charge is 2.18. The highest BCUT2D eigenvalue weighted by atomic mass is 35.5. The van der Waals surface area contributed by atoms with Gasteiger partial charge in [0.15, 0.2) is 23.0 Å². The average Bonchev–Trinajstić information content (AvgIpc) is 2.99. The van der Waals surface area contributed by atoms with Gasteiger partial charge in [-0.25, -0.2) is 0 Å². The van der Waals surface area contributed by atoms with E-state index in [2.05, 4.69) is 12.2 Å². The predicted octanol–water partition coefficient (Wildman–Crippen LogP) is 7.19. The third-order valence-corrected chi connectivity index (χ3v) is 6.81. The molecular formula is C33H37Cl2NO5. The van der Waals surface area contributed by atoms with E-state index in [0.717, 1.165) is 23.1 Å². The molecule has 4 aromatic rings. The van der Waals surface area contributed by atoms with Crippen LogP contribution in [-0.4, -0.2) is 31.9 Å². The maximum atomic E-state index is 11.1. The number of benzene rings is 4. The molecule has 0 saturated heterocycles. The van der Waals surface area contributed by atoms with E-state index in [9.17, 15) is 5.11 Å². The lowest BCUT2D eigenvalue weighted by molar-refractivity contribution is 0.169. The number of aliphatic hydroxyl groups is 1. The van der Waals surface area contributed by atoms with E-state index in [0.29, 0.717) is 53.3 Å². The summed E-state index contributed by atoms with van der Waals surface area (Å²) in [7, 11) is 3.25. The summed E-state index contributed by atoms with van der Waals surface area (Å²) < 4.78 is 23.0. The first-order valence-electron chi connectivity index (χ1n) is 13.3. The molecular weight excluding hydrogens is 561 g/mol. The van der Waals surface area contributed by atoms with Gasteiger partial charge in [0.1, 0.15) is 13.2 Å². The first kappa shape index (κ1) is 32.1. The zero-order valence-electron chi connectivity index (χ0n) is 23.5. The Labute approximate surface area is 253 Å². The van der Waals surface area contributed by atoms with Gasteiger partial charge in [-0.05, 0) is 59.9 Å². The van der Waals surface area contributed by atoms with Crippen LogP contribution in [0.2, 0.25) is 5.02 Å². The van der Waals surface area contributed by atoms with Gasteiger partial charge in [0, 0.05) is 12.6 Å². The van der Waals surface area contributed by atoms with Crippen molar-refractivity contribution in [3.05, 3.63) is 118 Å². The Kier molecular flexibility index (Phi) is 12.6. The van der Waals surface area contributed by atoms with Gasteiger partial charge in [-0.1, -0.05) is 78.3 Å². The van der Waals surface area contributed by atoms with Crippen LogP contribution in [0.1, 0.15) is 35.3 Å². The van der Waals surface area contributed by atoms with Gasteiger partial charge in [0.05, 0.1) is 25.3 Å². The lowest BCUT2D eigenvalue weighted by atomic mass is 10.0. The Hall–Kier alpha value is -3.42. The summed E-state index contributed by atoms with van der Waals surface area (Å²) >= 11 is 6.69. The van der Waals surface area contributed by atoms with E-state index in [4.69, 9.17) is 30.5 Å². The highest BCUT2D eigenvalue weighted by molar-refractivity contribution is 6.32. The Morgan fingerprint density at radius 2 is 1.34 bits per heavy atom. The number of methoxy groups -OCH3 is 2. The molecule has 0 radical (unpaired) electrons. The Morgan fingerprint density at radius 1 is 0.732 bits per heavy atom. The van der Waals surface area contributed by atoms with Gasteiger partial charge in [0.25, 0.3) is 0 Å². The van der Waals surface area contributed by atoms with Crippen molar-refractivity contribution in [3.63, 3.8) is 0 Å². The minimum Gasteiger partial charge on any atom is -0.493 e. The van der Waals surface area contributed by atoms with Crippen LogP contribution in [0.25, 0.3) is 0 Å². The molecule has 0 aliphatic rings. The molecule has 2 N–H and O–H groups in total. The molecule has 4 aromatic carbocycles. The van der Waals surface area contributed by atoms with Crippen molar-refractivity contribution in [2.24, 2.45) is 0 Å². The summed E-state index contributed by atoms with van der Waals surface area (Å²) in [5.41, 5.74) is 3.78. The summed E-state index contributed by atoms with van der Waals surface area (Å²) in [5.74, 6) is 2.33. The maximum absolute atomic E-state index is 11.1. The number of nitrogens with one attached hydrogen (secondary N) is 1. The fourth-order valence-corrected chi connectivity index (χ4v) is 4.63. The number of ether oxygens (including phenoxy) is 4. The zero-order chi connectivity index (χ0) is 28.3. The molecule has 218 valence electrons. The zero-order valence-corrected chi connectivity index (χ0v) is 25.1. The fourth-order valence-electron chi connectivity index (χ4n) is 4.36. The fraction of sp³-hybridized carbons (Fsp3) is 0.273. The Balaban J connectivity index is 0.00000462. The topological polar surface area (TPSA) is 69.2 Å². The molecule has 2 atom stereocenters. The van der Waals surface area contributed by atoms with Crippen molar-refractivity contribution in [1.82, 2.24) is 5.32 Å². The summed E-state index contributed by atoms with van der Waals surface area (Å²) in [5, 5.41) is 14.9. The average molecular weight is 599 g/mol. The first-order valence-corrected chi connectivity index (χ1v) is 13.6. The molecule has 4 rings (SSSR count). The molecule has 0 bridgehead atoms. The predicted molar refractivity (Wildman–Crippen MR) is 166 cm³/mol. The van der Waals surface area contributed by atoms with E-state index in [1.54, 1.807) is 26.4 Å². The second-order valence-corrected chi connectivity index (χ2v) is 10.0. The molecule has 2 unspecified atom stereocenters. The van der Waals surface area contributed by atoms with E-state index in [-0.39, 0.29) is 18.4 Å². The molecule has 0 saturated carbocycles. The lowest BCUT2D eigenvalue weighted by Crippen LogP contribution is -2.32. The molecule has 0 heterocycles. The van der Waals surface area contributed by atoms with E-state index in [1.165, 1.54) is 0 Å². The Morgan fingerprint density at radius 3 is 1.95 bits per heavy atom. The van der Waals surface area contributed by atoms with Gasteiger partial charge in [-0.3, -0.25) is 0 Å². The van der Waals surface area contributed by atoms with Crippen LogP contribution in [0.5, 0.6) is 23.0 Å². The van der Waals surface area contributed by atoms with Gasteiger partial charge >= 0.3 is 0 Å². The van der Waals surface area contributed by atoms with Crippen LogP contribution in [0, 0.1) is 0 Å². The Bertz CT molecular complexity index is 1350. The molecule has 6 nitrogen and oxygen atoms in total. The van der Waals surface area contributed by atoms with Crippen LogP contribution >= 0.6 is 24.0 Å². The van der Waals surface area contributed by atoms with Gasteiger partial charge < -0.3 is 29.4 Å². The highest BCUT2D eigenvalue weighted by Crippen LogP contribution is 2.39. The van der Waals surface area contributed by atoms with Gasteiger partial charge in [-0.2, -0.15) is 0 Å². The largest absolute Gasteiger partial charge is 0.493 e. The van der Waals surface area contributed by atoms with Crippen LogP contribution in [0.4, 0.5) is 0 Å². The van der Waals surface area contributed by atoms with Crippen LogP contribution in [-0.2, 0) is 19.6 Å². The molecule has 0 aliphatic carbocycles. The van der Waals surface area contributed by atoms with Crippen molar-refractivity contribution < 1.29 is 24.1 Å². The molecule has 0 spiro atoms. The second-order valence-electron chi connectivity index (χ2n) is 9.60. The second kappa shape index (κ2) is 16.1. The number of halogens is 2. The first-order chi connectivity index (χ1) is 19.5. The quantitative estimate of drug-likeness (QED) is 0.160. The van der Waals surface area contributed by atoms with Crippen LogP contribution < -0.4 is 24.3 Å². The molecule has 0 aliphatic heterocycles. The SMILES string of the molecule is COc1ccc(CC(C)NCC(O)c2cc(Cl)c(OCc3ccccc3)c(OCc3ccccc3)c2)cc1OC.Cl. The summed E-state index contributed by atoms with van der Waals surface area (Å²) in [6, 6.07) is 29.3. The lowest BCUT2D eigenvalue weighted by Gasteiger charge is -2.20. The smallest absolute Gasteiger partial charge is 0.180 e. The van der Waals surface area contributed by atoms with Crippen molar-refractivity contribution in [3.8, 4) is 23.0 Å². The van der Waals surface area contributed by atoms with Crippen molar-refractivity contribution in [1.29, 1.82) is 0 Å². The minimum atomic E-state index is -0.799. The molecule has 0 amide bonds. The maximum Gasteiger partial charge on any atom is 0.180 e. The van der Waals surface area contributed by atoms with Crippen LogP contribution in [0.3, 0.4) is 0 Å². The third-order valence-electron chi connectivity index (χ3n) is 6.53. The third kappa shape index (κ3) is 9.30. The van der Waals surface area contributed by atoms with E-state index < -0.39 is 6.10 Å². The normalized spacial score (nSPS) is 12.1. The van der Waals surface area contributed by atoms with Crippen molar-refractivity contribution >= 4 is 24.0 Å². The van der Waals surface area contributed by atoms with E-state index >= 15 is 0 Å². The molecule has 8 heteroatoms. The van der Waals surface area contributed by atoms with Crippen molar-refractivity contribution in [2.45, 2.75) is 38.7 Å². The minimum absolute atomic E-state index is 0. The molecule has 0 fully saturated rings. The number of hydrogen-bond acceptors (Lipinski definition) is 6. The summed E-state index contributed by atoms with van der Waals surface area (Å²) in [4.78, 5) is 0.